The van der Waals surface area contributed by atoms with E-state index >= 15 is 0 Å². The standard InChI is InChI=1S/C19H20N2O2/c1-2-11-9-21-6-5-19-15-4-3-12(23)7-16(15)20-18(19)14(10-22)13(11)8-17(19)21/h2-4,7,10,13,17,20,23H,5-6,8-9H2,1H3/t13-,17-,19+/m0/s1. The number of carbonyl (C=O) groups is 1. The fraction of sp³-hybridized carbons (Fsp3) is 0.421. The third-order valence-corrected chi connectivity index (χ3v) is 6.45. The van der Waals surface area contributed by atoms with E-state index in [1.54, 1.807) is 12.1 Å². The molecule has 1 aromatic rings. The van der Waals surface area contributed by atoms with Crippen molar-refractivity contribution in [1.82, 2.24) is 4.90 Å². The Bertz CT molecular complexity index is 795. The number of aldehydes is 1. The third-order valence-electron chi connectivity index (χ3n) is 6.45. The lowest BCUT2D eigenvalue weighted by molar-refractivity contribution is -0.105. The number of nitrogens with one attached hydrogen (secondary N) is 1. The van der Waals surface area contributed by atoms with Gasteiger partial charge in [-0.1, -0.05) is 17.7 Å². The molecule has 2 saturated heterocycles. The molecule has 0 saturated carbocycles. The van der Waals surface area contributed by atoms with Gasteiger partial charge in [-0.15, -0.1) is 0 Å². The lowest BCUT2D eigenvalue weighted by Gasteiger charge is -2.48. The van der Waals surface area contributed by atoms with E-state index in [4.69, 9.17) is 0 Å². The first kappa shape index (κ1) is 13.4. The maximum Gasteiger partial charge on any atom is 0.148 e. The molecule has 2 fully saturated rings. The predicted molar refractivity (Wildman–Crippen MR) is 88.3 cm³/mol. The van der Waals surface area contributed by atoms with Crippen LogP contribution in [0.1, 0.15) is 25.3 Å². The van der Waals surface area contributed by atoms with E-state index in [1.807, 2.05) is 6.07 Å². The highest BCUT2D eigenvalue weighted by atomic mass is 16.3. The van der Waals surface area contributed by atoms with Crippen LogP contribution in [-0.2, 0) is 10.2 Å². The Hall–Kier alpha value is -2.07. The summed E-state index contributed by atoms with van der Waals surface area (Å²) in [5, 5.41) is 13.3. The first-order valence-corrected chi connectivity index (χ1v) is 8.38. The molecule has 1 spiro atoms. The molecule has 1 aliphatic carbocycles. The molecular weight excluding hydrogens is 288 g/mol. The molecule has 23 heavy (non-hydrogen) atoms. The molecule has 2 N–H and O–H groups in total. The zero-order valence-electron chi connectivity index (χ0n) is 13.2. The van der Waals surface area contributed by atoms with Crippen molar-refractivity contribution in [2.45, 2.75) is 31.2 Å². The second-order valence-electron chi connectivity index (χ2n) is 7.16. The molecule has 118 valence electrons. The van der Waals surface area contributed by atoms with Gasteiger partial charge in [0.1, 0.15) is 12.0 Å². The third kappa shape index (κ3) is 1.43. The van der Waals surface area contributed by atoms with Crippen LogP contribution in [0.4, 0.5) is 5.69 Å². The summed E-state index contributed by atoms with van der Waals surface area (Å²) in [6.07, 6.45) is 5.32. The summed E-state index contributed by atoms with van der Waals surface area (Å²) >= 11 is 0. The van der Waals surface area contributed by atoms with Gasteiger partial charge in [-0.3, -0.25) is 9.69 Å². The van der Waals surface area contributed by atoms with Gasteiger partial charge < -0.3 is 10.4 Å². The van der Waals surface area contributed by atoms with Gasteiger partial charge in [-0.05, 0) is 31.4 Å². The van der Waals surface area contributed by atoms with Crippen molar-refractivity contribution >= 4 is 12.0 Å². The predicted octanol–water partition coefficient (Wildman–Crippen LogP) is 2.56. The highest BCUT2D eigenvalue weighted by Crippen LogP contribution is 2.61. The normalized spacial score (nSPS) is 36.0. The molecule has 5 rings (SSSR count). The first-order valence-electron chi connectivity index (χ1n) is 8.38. The van der Waals surface area contributed by atoms with E-state index in [0.29, 0.717) is 6.04 Å². The fourth-order valence-corrected chi connectivity index (χ4v) is 5.49. The number of carbonyl (C=O) groups excluding carboxylic acids is 1. The zero-order valence-corrected chi connectivity index (χ0v) is 13.2. The summed E-state index contributed by atoms with van der Waals surface area (Å²) in [5.74, 6) is 0.516. The van der Waals surface area contributed by atoms with E-state index in [1.165, 1.54) is 11.1 Å². The molecule has 4 heteroatoms. The summed E-state index contributed by atoms with van der Waals surface area (Å²) in [4.78, 5) is 14.5. The quantitative estimate of drug-likeness (QED) is 0.618. The number of rotatable bonds is 1. The Morgan fingerprint density at radius 3 is 3.09 bits per heavy atom. The number of hydrogen-bond donors (Lipinski definition) is 2. The van der Waals surface area contributed by atoms with Crippen molar-refractivity contribution in [2.75, 3.05) is 18.4 Å². The highest BCUT2D eigenvalue weighted by molar-refractivity contribution is 5.85. The molecule has 2 bridgehead atoms. The first-order chi connectivity index (χ1) is 11.2. The number of hydrogen-bond acceptors (Lipinski definition) is 4. The summed E-state index contributed by atoms with van der Waals surface area (Å²) < 4.78 is 0. The number of phenols is 1. The molecule has 3 heterocycles. The number of nitrogens with zero attached hydrogens (tertiary/aromatic N) is 1. The van der Waals surface area contributed by atoms with Crippen molar-refractivity contribution in [1.29, 1.82) is 0 Å². The smallest absolute Gasteiger partial charge is 0.148 e. The maximum atomic E-state index is 12.0. The number of allylic oxidation sites excluding steroid dienone is 2. The van der Waals surface area contributed by atoms with Crippen molar-refractivity contribution in [2.24, 2.45) is 5.92 Å². The minimum atomic E-state index is -0.0882. The number of aromatic hydroxyl groups is 1. The van der Waals surface area contributed by atoms with Gasteiger partial charge in [-0.25, -0.2) is 0 Å². The van der Waals surface area contributed by atoms with Crippen LogP contribution < -0.4 is 5.32 Å². The molecule has 4 nitrogen and oxygen atoms in total. The minimum absolute atomic E-state index is 0.0882. The van der Waals surface area contributed by atoms with Crippen LogP contribution in [0.5, 0.6) is 5.75 Å². The van der Waals surface area contributed by atoms with Crippen molar-refractivity contribution in [3.05, 3.63) is 46.7 Å². The average Bonchev–Trinajstić information content (AvgIpc) is 3.10. The molecule has 0 unspecified atom stereocenters. The topological polar surface area (TPSA) is 52.6 Å². The Kier molecular flexibility index (Phi) is 2.48. The fourth-order valence-electron chi connectivity index (χ4n) is 5.49. The molecule has 1 aromatic carbocycles. The summed E-state index contributed by atoms with van der Waals surface area (Å²) in [5.41, 5.74) is 5.51. The van der Waals surface area contributed by atoms with Gasteiger partial charge in [0, 0.05) is 48.1 Å². The molecule has 0 radical (unpaired) electrons. The van der Waals surface area contributed by atoms with Gasteiger partial charge >= 0.3 is 0 Å². The number of fused-ring (bicyclic) bond motifs is 2. The van der Waals surface area contributed by atoms with E-state index in [-0.39, 0.29) is 17.1 Å². The molecule has 0 amide bonds. The van der Waals surface area contributed by atoms with Gasteiger partial charge in [0.2, 0.25) is 0 Å². The average molecular weight is 308 g/mol. The highest BCUT2D eigenvalue weighted by Gasteiger charge is 2.61. The molecular formula is C19H20N2O2. The Balaban J connectivity index is 1.81. The molecule has 0 aromatic heterocycles. The maximum absolute atomic E-state index is 12.0. The monoisotopic (exact) mass is 308 g/mol. The Morgan fingerprint density at radius 2 is 2.30 bits per heavy atom. The van der Waals surface area contributed by atoms with Crippen LogP contribution in [0.3, 0.4) is 0 Å². The summed E-state index contributed by atoms with van der Waals surface area (Å²) in [6.45, 7) is 4.12. The summed E-state index contributed by atoms with van der Waals surface area (Å²) in [7, 11) is 0. The Morgan fingerprint density at radius 1 is 1.43 bits per heavy atom. The van der Waals surface area contributed by atoms with E-state index in [0.717, 1.165) is 49.2 Å². The van der Waals surface area contributed by atoms with Crippen LogP contribution in [0.25, 0.3) is 0 Å². The van der Waals surface area contributed by atoms with E-state index in [2.05, 4.69) is 23.2 Å². The van der Waals surface area contributed by atoms with Gasteiger partial charge in [0.15, 0.2) is 0 Å². The number of benzene rings is 1. The molecule has 3 atom stereocenters. The summed E-state index contributed by atoms with van der Waals surface area (Å²) in [6, 6.07) is 6.06. The lowest BCUT2D eigenvalue weighted by Crippen LogP contribution is -2.52. The second kappa shape index (κ2) is 4.26. The van der Waals surface area contributed by atoms with E-state index in [9.17, 15) is 9.90 Å². The zero-order chi connectivity index (χ0) is 15.8. The SMILES string of the molecule is CC=C1CN2CC[C@]34C(=C(C=O)[C@H]1C[C@H]23)Nc1cc(O)ccc14. The second-order valence-corrected chi connectivity index (χ2v) is 7.16. The number of piperidine rings is 1. The van der Waals surface area contributed by atoms with Crippen LogP contribution in [0, 0.1) is 5.92 Å². The number of phenolic OH excluding ortho intramolecular Hbond substituents is 1. The Labute approximate surface area is 135 Å². The molecule has 3 aliphatic heterocycles. The van der Waals surface area contributed by atoms with E-state index < -0.39 is 0 Å². The van der Waals surface area contributed by atoms with Crippen LogP contribution >= 0.6 is 0 Å². The van der Waals surface area contributed by atoms with Crippen molar-refractivity contribution in [3.63, 3.8) is 0 Å². The van der Waals surface area contributed by atoms with Crippen molar-refractivity contribution in [3.8, 4) is 5.75 Å². The largest absolute Gasteiger partial charge is 0.508 e. The number of anilines is 1. The van der Waals surface area contributed by atoms with Gasteiger partial charge in [0.05, 0.1) is 5.41 Å². The van der Waals surface area contributed by atoms with Gasteiger partial charge in [0.25, 0.3) is 0 Å². The molecule has 4 aliphatic rings. The van der Waals surface area contributed by atoms with Crippen molar-refractivity contribution < 1.29 is 9.90 Å². The minimum Gasteiger partial charge on any atom is -0.508 e. The van der Waals surface area contributed by atoms with Crippen LogP contribution in [0.15, 0.2) is 41.1 Å². The lowest BCUT2D eigenvalue weighted by atomic mass is 9.62. The van der Waals surface area contributed by atoms with Crippen LogP contribution in [0.2, 0.25) is 0 Å². The van der Waals surface area contributed by atoms with Gasteiger partial charge in [-0.2, -0.15) is 0 Å². The van der Waals surface area contributed by atoms with Crippen LogP contribution in [-0.4, -0.2) is 35.4 Å².